The normalized spacial score (nSPS) is 8.78. The number of carbonyl (C=O) groups is 1. The van der Waals surface area contributed by atoms with Crippen molar-refractivity contribution in [1.29, 1.82) is 0 Å². The smallest absolute Gasteiger partial charge is 0.298 e. The number of carbonyl (C=O) groups excluding carboxylic acids is 1. The van der Waals surface area contributed by atoms with Gasteiger partial charge in [-0.1, -0.05) is 0 Å². The lowest BCUT2D eigenvalue weighted by Gasteiger charge is -2.17. The van der Waals surface area contributed by atoms with Gasteiger partial charge in [-0.15, -0.1) is 6.42 Å². The zero-order valence-electron chi connectivity index (χ0n) is 6.01. The topological polar surface area (TPSA) is 20.3 Å². The molecule has 0 unspecified atom stereocenters. The first kappa shape index (κ1) is 8.03. The van der Waals surface area contributed by atoms with E-state index in [2.05, 4.69) is 0 Å². The van der Waals surface area contributed by atoms with Gasteiger partial charge in [0.2, 0.25) is 0 Å². The lowest BCUT2D eigenvalue weighted by molar-refractivity contribution is -0.125. The van der Waals surface area contributed by atoms with E-state index in [0.717, 1.165) is 0 Å². The molecule has 0 N–H and O–H groups in total. The Hall–Kier alpha value is -0.970. The van der Waals surface area contributed by atoms with Crippen LogP contribution in [0.1, 0.15) is 13.8 Å². The van der Waals surface area contributed by atoms with E-state index in [1.807, 2.05) is 19.8 Å². The molecule has 2 nitrogen and oxygen atoms in total. The van der Waals surface area contributed by atoms with Gasteiger partial charge in [0.05, 0.1) is 0 Å². The van der Waals surface area contributed by atoms with Crippen LogP contribution in [0, 0.1) is 12.3 Å². The van der Waals surface area contributed by atoms with Crippen molar-refractivity contribution in [3.8, 4) is 12.3 Å². The molecule has 0 aromatic heterocycles. The van der Waals surface area contributed by atoms with E-state index in [-0.39, 0.29) is 11.9 Å². The van der Waals surface area contributed by atoms with Crippen LogP contribution in [-0.4, -0.2) is 23.9 Å². The summed E-state index contributed by atoms with van der Waals surface area (Å²) in [5.74, 6) is 1.77. The highest BCUT2D eigenvalue weighted by molar-refractivity contribution is 5.92. The molecule has 1 amide bonds. The first-order chi connectivity index (χ1) is 4.09. The minimum atomic E-state index is -0.259. The molecule has 0 rings (SSSR count). The molecule has 0 atom stereocenters. The summed E-state index contributed by atoms with van der Waals surface area (Å²) in [7, 11) is 1.69. The molecule has 0 spiro atoms. The van der Waals surface area contributed by atoms with Gasteiger partial charge in [-0.2, -0.15) is 0 Å². The van der Waals surface area contributed by atoms with Crippen LogP contribution in [0.4, 0.5) is 0 Å². The zero-order valence-corrected chi connectivity index (χ0v) is 6.01. The Balaban J connectivity index is 3.92. The van der Waals surface area contributed by atoms with E-state index in [0.29, 0.717) is 0 Å². The summed E-state index contributed by atoms with van der Waals surface area (Å²) < 4.78 is 0. The average molecular weight is 125 g/mol. The molecule has 0 heterocycles. The Bertz CT molecular complexity index is 143. The summed E-state index contributed by atoms with van der Waals surface area (Å²) in [5.41, 5.74) is 0. The second-order valence-corrected chi connectivity index (χ2v) is 2.15. The Kier molecular flexibility index (Phi) is 2.80. The molecular weight excluding hydrogens is 114 g/mol. The van der Waals surface area contributed by atoms with Gasteiger partial charge in [-0.05, 0) is 19.8 Å². The van der Waals surface area contributed by atoms with Gasteiger partial charge in [0.25, 0.3) is 5.91 Å². The fourth-order valence-electron chi connectivity index (χ4n) is 0.336. The maximum atomic E-state index is 10.6. The van der Waals surface area contributed by atoms with Gasteiger partial charge >= 0.3 is 0 Å². The van der Waals surface area contributed by atoms with Crippen molar-refractivity contribution in [1.82, 2.24) is 4.90 Å². The summed E-state index contributed by atoms with van der Waals surface area (Å²) in [4.78, 5) is 12.2. The Morgan fingerprint density at radius 2 is 2.11 bits per heavy atom. The molecule has 0 radical (unpaired) electrons. The average Bonchev–Trinajstić information content (AvgIpc) is 1.84. The highest BCUT2D eigenvalue weighted by Gasteiger charge is 2.06. The van der Waals surface area contributed by atoms with Gasteiger partial charge in [0.1, 0.15) is 0 Å². The number of nitrogens with zero attached hydrogens (tertiary/aromatic N) is 1. The van der Waals surface area contributed by atoms with Gasteiger partial charge in [-0.3, -0.25) is 4.79 Å². The standard InChI is InChI=1S/C7H11NO/c1-5-7(9)8(4)6(2)3/h1,6H,2-4H3. The van der Waals surface area contributed by atoms with Gasteiger partial charge in [0.15, 0.2) is 0 Å². The van der Waals surface area contributed by atoms with Crippen molar-refractivity contribution in [2.45, 2.75) is 19.9 Å². The SMILES string of the molecule is C#CC(=O)N(C)C(C)C. The molecule has 0 aromatic carbocycles. The van der Waals surface area contributed by atoms with E-state index in [9.17, 15) is 4.79 Å². The van der Waals surface area contributed by atoms with E-state index < -0.39 is 0 Å². The summed E-state index contributed by atoms with van der Waals surface area (Å²) in [6, 6.07) is 0.188. The summed E-state index contributed by atoms with van der Waals surface area (Å²) in [5, 5.41) is 0. The zero-order chi connectivity index (χ0) is 7.44. The van der Waals surface area contributed by atoms with Gasteiger partial charge in [-0.25, -0.2) is 0 Å². The summed E-state index contributed by atoms with van der Waals surface area (Å²) in [6.07, 6.45) is 4.87. The van der Waals surface area contributed by atoms with Crippen LogP contribution in [0.3, 0.4) is 0 Å². The molecular formula is C7H11NO. The van der Waals surface area contributed by atoms with Crippen LogP contribution in [-0.2, 0) is 4.79 Å². The lowest BCUT2D eigenvalue weighted by atomic mass is 10.3. The van der Waals surface area contributed by atoms with Crippen molar-refractivity contribution in [2.75, 3.05) is 7.05 Å². The fourth-order valence-corrected chi connectivity index (χ4v) is 0.336. The van der Waals surface area contributed by atoms with Crippen LogP contribution in [0.15, 0.2) is 0 Å². The second-order valence-electron chi connectivity index (χ2n) is 2.15. The summed E-state index contributed by atoms with van der Waals surface area (Å²) in [6.45, 7) is 3.82. The van der Waals surface area contributed by atoms with Crippen molar-refractivity contribution in [3.05, 3.63) is 0 Å². The number of hydrogen-bond acceptors (Lipinski definition) is 1. The fraction of sp³-hybridized carbons (Fsp3) is 0.571. The first-order valence-electron chi connectivity index (χ1n) is 2.83. The van der Waals surface area contributed by atoms with Crippen molar-refractivity contribution < 1.29 is 4.79 Å². The van der Waals surface area contributed by atoms with Crippen molar-refractivity contribution in [2.24, 2.45) is 0 Å². The third kappa shape index (κ3) is 2.18. The number of hydrogen-bond donors (Lipinski definition) is 0. The van der Waals surface area contributed by atoms with Crippen LogP contribution >= 0.6 is 0 Å². The first-order valence-corrected chi connectivity index (χ1v) is 2.83. The molecule has 0 saturated carbocycles. The van der Waals surface area contributed by atoms with Crippen LogP contribution in [0.5, 0.6) is 0 Å². The van der Waals surface area contributed by atoms with E-state index in [4.69, 9.17) is 6.42 Å². The Labute approximate surface area is 55.8 Å². The molecule has 0 aliphatic heterocycles. The molecule has 9 heavy (non-hydrogen) atoms. The predicted octanol–water partition coefficient (Wildman–Crippen LogP) is 0.486. The third-order valence-electron chi connectivity index (χ3n) is 1.22. The van der Waals surface area contributed by atoms with E-state index in [1.54, 1.807) is 7.05 Å². The highest BCUT2D eigenvalue weighted by Crippen LogP contribution is 1.91. The summed E-state index contributed by atoms with van der Waals surface area (Å²) >= 11 is 0. The van der Waals surface area contributed by atoms with Crippen molar-refractivity contribution in [3.63, 3.8) is 0 Å². The van der Waals surface area contributed by atoms with Crippen molar-refractivity contribution >= 4 is 5.91 Å². The number of rotatable bonds is 1. The van der Waals surface area contributed by atoms with Crippen LogP contribution < -0.4 is 0 Å². The van der Waals surface area contributed by atoms with Crippen LogP contribution in [0.25, 0.3) is 0 Å². The minimum Gasteiger partial charge on any atom is -0.333 e. The number of amides is 1. The highest BCUT2D eigenvalue weighted by atomic mass is 16.2. The Morgan fingerprint density at radius 1 is 1.67 bits per heavy atom. The molecule has 0 bridgehead atoms. The largest absolute Gasteiger partial charge is 0.333 e. The Morgan fingerprint density at radius 3 is 2.22 bits per heavy atom. The molecule has 2 heteroatoms. The van der Waals surface area contributed by atoms with Gasteiger partial charge in [0, 0.05) is 13.1 Å². The molecule has 0 aliphatic rings. The van der Waals surface area contributed by atoms with Crippen LogP contribution in [0.2, 0.25) is 0 Å². The van der Waals surface area contributed by atoms with Gasteiger partial charge < -0.3 is 4.90 Å². The molecule has 0 aliphatic carbocycles. The maximum absolute atomic E-state index is 10.6. The second kappa shape index (κ2) is 3.13. The third-order valence-corrected chi connectivity index (χ3v) is 1.22. The molecule has 50 valence electrons. The molecule has 0 saturated heterocycles. The minimum absolute atomic E-state index is 0.188. The molecule has 0 fully saturated rings. The monoisotopic (exact) mass is 125 g/mol. The quantitative estimate of drug-likeness (QED) is 0.467. The lowest BCUT2D eigenvalue weighted by Crippen LogP contribution is -2.31. The molecule has 0 aromatic rings. The predicted molar refractivity (Wildman–Crippen MR) is 36.7 cm³/mol. The van der Waals surface area contributed by atoms with E-state index in [1.165, 1.54) is 4.90 Å². The van der Waals surface area contributed by atoms with E-state index >= 15 is 0 Å². The number of terminal acetylenes is 1. The maximum Gasteiger partial charge on any atom is 0.298 e.